The Morgan fingerprint density at radius 3 is 2.78 bits per heavy atom. The van der Waals surface area contributed by atoms with Crippen LogP contribution in [0.4, 0.5) is 10.1 Å². The standard InChI is InChI=1S/C20H18FNO/c1-12(23)13-9-10-19-17(11-13)14-6-4-7-15(14)20(22-19)16-5-2-3-8-18(16)21/h2-6,8-11,14-15,20,22H,7H2,1H3/t14-,15+,20+/m0/s1. The highest BCUT2D eigenvalue weighted by molar-refractivity contribution is 5.95. The number of fused-ring (bicyclic) bond motifs is 3. The Bertz CT molecular complexity index is 811. The molecule has 2 aliphatic rings. The Morgan fingerprint density at radius 1 is 1.17 bits per heavy atom. The third kappa shape index (κ3) is 2.27. The first-order chi connectivity index (χ1) is 11.1. The number of hydrogen-bond donors (Lipinski definition) is 1. The second kappa shape index (κ2) is 5.34. The molecule has 0 aromatic heterocycles. The van der Waals surface area contributed by atoms with Crippen LogP contribution >= 0.6 is 0 Å². The third-order valence-corrected chi connectivity index (χ3v) is 5.01. The zero-order valence-corrected chi connectivity index (χ0v) is 12.9. The maximum absolute atomic E-state index is 14.3. The van der Waals surface area contributed by atoms with Gasteiger partial charge in [-0.1, -0.05) is 30.4 Å². The largest absolute Gasteiger partial charge is 0.378 e. The number of nitrogens with one attached hydrogen (secondary N) is 1. The smallest absolute Gasteiger partial charge is 0.159 e. The number of allylic oxidation sites excluding steroid dienone is 2. The average Bonchev–Trinajstić information content (AvgIpc) is 3.04. The minimum Gasteiger partial charge on any atom is -0.378 e. The van der Waals surface area contributed by atoms with Crippen LogP contribution in [-0.4, -0.2) is 5.78 Å². The van der Waals surface area contributed by atoms with E-state index in [2.05, 4.69) is 17.5 Å². The molecule has 0 fully saturated rings. The molecule has 23 heavy (non-hydrogen) atoms. The summed E-state index contributed by atoms with van der Waals surface area (Å²) < 4.78 is 14.3. The molecular formula is C20H18FNO. The van der Waals surface area contributed by atoms with Gasteiger partial charge in [-0.25, -0.2) is 4.39 Å². The molecule has 0 amide bonds. The van der Waals surface area contributed by atoms with Gasteiger partial charge in [0.05, 0.1) is 6.04 Å². The fraction of sp³-hybridized carbons (Fsp3) is 0.250. The van der Waals surface area contributed by atoms with E-state index in [1.807, 2.05) is 30.3 Å². The van der Waals surface area contributed by atoms with Gasteiger partial charge < -0.3 is 5.32 Å². The predicted octanol–water partition coefficient (Wildman–Crippen LogP) is 4.85. The normalized spacial score (nSPS) is 24.7. The second-order valence-electron chi connectivity index (χ2n) is 6.36. The first-order valence-corrected chi connectivity index (χ1v) is 7.97. The lowest BCUT2D eigenvalue weighted by atomic mass is 9.76. The summed E-state index contributed by atoms with van der Waals surface area (Å²) in [6.07, 6.45) is 5.28. The predicted molar refractivity (Wildman–Crippen MR) is 89.2 cm³/mol. The van der Waals surface area contributed by atoms with E-state index in [0.717, 1.165) is 23.2 Å². The van der Waals surface area contributed by atoms with E-state index in [1.165, 1.54) is 6.07 Å². The lowest BCUT2D eigenvalue weighted by Crippen LogP contribution is -2.29. The summed E-state index contributed by atoms with van der Waals surface area (Å²) in [5.41, 5.74) is 3.58. The molecule has 2 nitrogen and oxygen atoms in total. The fourth-order valence-corrected chi connectivity index (χ4v) is 3.85. The minimum absolute atomic E-state index is 0.0492. The van der Waals surface area contributed by atoms with E-state index in [1.54, 1.807) is 13.0 Å². The van der Waals surface area contributed by atoms with Gasteiger partial charge in [-0.2, -0.15) is 0 Å². The summed E-state index contributed by atoms with van der Waals surface area (Å²) >= 11 is 0. The van der Waals surface area contributed by atoms with Crippen LogP contribution in [-0.2, 0) is 0 Å². The van der Waals surface area contributed by atoms with Gasteiger partial charge in [0.2, 0.25) is 0 Å². The Labute approximate surface area is 135 Å². The summed E-state index contributed by atoms with van der Waals surface area (Å²) in [7, 11) is 0. The Balaban J connectivity index is 1.81. The van der Waals surface area contributed by atoms with Crippen molar-refractivity contribution < 1.29 is 9.18 Å². The lowest BCUT2D eigenvalue weighted by Gasteiger charge is -2.37. The van der Waals surface area contributed by atoms with E-state index < -0.39 is 0 Å². The number of hydrogen-bond acceptors (Lipinski definition) is 2. The summed E-state index contributed by atoms with van der Waals surface area (Å²) in [5, 5.41) is 3.50. The van der Waals surface area contributed by atoms with Crippen LogP contribution in [0.3, 0.4) is 0 Å². The second-order valence-corrected chi connectivity index (χ2v) is 6.36. The number of halogens is 1. The van der Waals surface area contributed by atoms with E-state index in [4.69, 9.17) is 0 Å². The third-order valence-electron chi connectivity index (χ3n) is 5.01. The highest BCUT2D eigenvalue weighted by atomic mass is 19.1. The highest BCUT2D eigenvalue weighted by Gasteiger charge is 2.38. The molecule has 2 aromatic rings. The van der Waals surface area contributed by atoms with E-state index in [0.29, 0.717) is 5.56 Å². The average molecular weight is 307 g/mol. The Hall–Kier alpha value is -2.42. The number of benzene rings is 2. The van der Waals surface area contributed by atoms with Crippen molar-refractivity contribution in [2.45, 2.75) is 25.3 Å². The van der Waals surface area contributed by atoms with Gasteiger partial charge >= 0.3 is 0 Å². The zero-order valence-electron chi connectivity index (χ0n) is 12.9. The van der Waals surface area contributed by atoms with Crippen molar-refractivity contribution in [3.05, 3.63) is 77.1 Å². The van der Waals surface area contributed by atoms with Gasteiger partial charge in [0.15, 0.2) is 5.78 Å². The number of anilines is 1. The van der Waals surface area contributed by atoms with Crippen molar-refractivity contribution >= 4 is 11.5 Å². The Morgan fingerprint density at radius 2 is 2.00 bits per heavy atom. The lowest BCUT2D eigenvalue weighted by molar-refractivity contribution is 0.101. The van der Waals surface area contributed by atoms with E-state index in [9.17, 15) is 9.18 Å². The molecule has 1 aliphatic heterocycles. The summed E-state index contributed by atoms with van der Waals surface area (Å²) in [6.45, 7) is 1.59. The van der Waals surface area contributed by atoms with Crippen molar-refractivity contribution in [1.82, 2.24) is 0 Å². The van der Waals surface area contributed by atoms with Crippen LogP contribution in [0.1, 0.15) is 46.8 Å². The molecule has 0 saturated heterocycles. The van der Waals surface area contributed by atoms with Crippen LogP contribution in [0, 0.1) is 11.7 Å². The molecule has 0 saturated carbocycles. The zero-order chi connectivity index (χ0) is 16.0. The van der Waals surface area contributed by atoms with Gasteiger partial charge in [0.1, 0.15) is 5.82 Å². The van der Waals surface area contributed by atoms with Crippen molar-refractivity contribution in [3.8, 4) is 0 Å². The van der Waals surface area contributed by atoms with Crippen molar-refractivity contribution in [1.29, 1.82) is 0 Å². The molecule has 0 radical (unpaired) electrons. The first-order valence-electron chi connectivity index (χ1n) is 7.97. The summed E-state index contributed by atoms with van der Waals surface area (Å²) in [5.74, 6) is 0.416. The number of Topliss-reactive ketones (excluding diaryl/α,β-unsaturated/α-hetero) is 1. The first kappa shape index (κ1) is 14.2. The molecule has 4 rings (SSSR count). The van der Waals surface area contributed by atoms with Gasteiger partial charge in [0, 0.05) is 22.7 Å². The molecule has 3 heteroatoms. The van der Waals surface area contributed by atoms with Gasteiger partial charge in [0.25, 0.3) is 0 Å². The monoisotopic (exact) mass is 307 g/mol. The molecule has 116 valence electrons. The van der Waals surface area contributed by atoms with Gasteiger partial charge in [-0.3, -0.25) is 4.79 Å². The maximum Gasteiger partial charge on any atom is 0.159 e. The Kier molecular flexibility index (Phi) is 3.29. The summed E-state index contributed by atoms with van der Waals surface area (Å²) in [4.78, 5) is 11.7. The maximum atomic E-state index is 14.3. The van der Waals surface area contributed by atoms with Crippen molar-refractivity contribution in [3.63, 3.8) is 0 Å². The molecule has 0 bridgehead atoms. The van der Waals surface area contributed by atoms with Crippen LogP contribution < -0.4 is 5.32 Å². The topological polar surface area (TPSA) is 29.1 Å². The van der Waals surface area contributed by atoms with Gasteiger partial charge in [-0.05, 0) is 49.1 Å². The molecular weight excluding hydrogens is 289 g/mol. The molecule has 0 spiro atoms. The summed E-state index contributed by atoms with van der Waals surface area (Å²) in [6, 6.07) is 12.7. The van der Waals surface area contributed by atoms with E-state index in [-0.39, 0.29) is 29.5 Å². The minimum atomic E-state index is -0.167. The van der Waals surface area contributed by atoms with Crippen LogP contribution in [0.5, 0.6) is 0 Å². The molecule has 0 unspecified atom stereocenters. The molecule has 2 aromatic carbocycles. The van der Waals surface area contributed by atoms with Crippen molar-refractivity contribution in [2.24, 2.45) is 5.92 Å². The highest BCUT2D eigenvalue weighted by Crippen LogP contribution is 2.50. The number of carbonyl (C=O) groups is 1. The van der Waals surface area contributed by atoms with Crippen LogP contribution in [0.2, 0.25) is 0 Å². The van der Waals surface area contributed by atoms with Crippen LogP contribution in [0.15, 0.2) is 54.6 Å². The fourth-order valence-electron chi connectivity index (χ4n) is 3.85. The van der Waals surface area contributed by atoms with Gasteiger partial charge in [-0.15, -0.1) is 0 Å². The van der Waals surface area contributed by atoms with Crippen molar-refractivity contribution in [2.75, 3.05) is 5.32 Å². The molecule has 1 heterocycles. The SMILES string of the molecule is CC(=O)c1ccc2c(c1)[C@H]1C=CC[C@H]1[C@H](c1ccccc1F)N2. The number of ketones is 1. The number of rotatable bonds is 2. The number of carbonyl (C=O) groups excluding carboxylic acids is 1. The molecule has 3 atom stereocenters. The molecule has 1 N–H and O–H groups in total. The van der Waals surface area contributed by atoms with E-state index >= 15 is 0 Å². The molecule has 1 aliphatic carbocycles. The van der Waals surface area contributed by atoms with Crippen LogP contribution in [0.25, 0.3) is 0 Å². The quantitative estimate of drug-likeness (QED) is 0.634.